The zero-order chi connectivity index (χ0) is 14.0. The molecular weight excluding hydrogens is 381 g/mol. The Morgan fingerprint density at radius 2 is 2.19 bits per heavy atom. The number of nitrogens with two attached hydrogens (primary N) is 1. The van der Waals surface area contributed by atoms with E-state index in [4.69, 9.17) is 15.2 Å². The largest absolute Gasteiger partial charge is 0.376 e. The summed E-state index contributed by atoms with van der Waals surface area (Å²) in [6, 6.07) is 10.1. The molecule has 1 fully saturated rings. The average molecular weight is 405 g/mol. The van der Waals surface area contributed by atoms with E-state index >= 15 is 0 Å². The Labute approximate surface area is 143 Å². The highest BCUT2D eigenvalue weighted by atomic mass is 127. The lowest BCUT2D eigenvalue weighted by Gasteiger charge is -2.09. The van der Waals surface area contributed by atoms with Gasteiger partial charge in [0.25, 0.3) is 0 Å². The number of aliphatic imine (C=N–C) groups is 1. The molecule has 5 nitrogen and oxygen atoms in total. The van der Waals surface area contributed by atoms with E-state index in [2.05, 4.69) is 10.3 Å². The third-order valence-electron chi connectivity index (χ3n) is 3.15. The van der Waals surface area contributed by atoms with E-state index in [1.807, 2.05) is 30.3 Å². The minimum Gasteiger partial charge on any atom is -0.376 e. The Balaban J connectivity index is 0.00000220. The summed E-state index contributed by atoms with van der Waals surface area (Å²) in [5.41, 5.74) is 6.95. The van der Waals surface area contributed by atoms with Crippen molar-refractivity contribution in [3.63, 3.8) is 0 Å². The van der Waals surface area contributed by atoms with Crippen molar-refractivity contribution in [1.82, 2.24) is 5.32 Å². The predicted molar refractivity (Wildman–Crippen MR) is 95.0 cm³/mol. The first kappa shape index (κ1) is 18.2. The average Bonchev–Trinajstić information content (AvgIpc) is 2.99. The van der Waals surface area contributed by atoms with Gasteiger partial charge in [0.1, 0.15) is 0 Å². The molecular formula is C15H24IN3O2. The van der Waals surface area contributed by atoms with E-state index < -0.39 is 0 Å². The Morgan fingerprint density at radius 3 is 2.90 bits per heavy atom. The molecule has 1 aromatic rings. The van der Waals surface area contributed by atoms with Gasteiger partial charge in [-0.05, 0) is 18.4 Å². The number of hydrogen-bond donors (Lipinski definition) is 2. The van der Waals surface area contributed by atoms with Crippen LogP contribution in [0.5, 0.6) is 0 Å². The first-order valence-corrected chi connectivity index (χ1v) is 7.11. The van der Waals surface area contributed by atoms with Crippen LogP contribution in [0.2, 0.25) is 0 Å². The summed E-state index contributed by atoms with van der Waals surface area (Å²) in [6.45, 7) is 3.37. The van der Waals surface area contributed by atoms with Gasteiger partial charge in [0.15, 0.2) is 5.96 Å². The number of ether oxygens (including phenoxy) is 2. The van der Waals surface area contributed by atoms with Crippen LogP contribution in [0.15, 0.2) is 35.3 Å². The normalized spacial score (nSPS) is 18.3. The van der Waals surface area contributed by atoms with E-state index in [0.717, 1.165) is 19.4 Å². The van der Waals surface area contributed by atoms with E-state index in [-0.39, 0.29) is 30.1 Å². The van der Waals surface area contributed by atoms with Gasteiger partial charge in [-0.25, -0.2) is 0 Å². The molecule has 1 aliphatic rings. The van der Waals surface area contributed by atoms with Crippen LogP contribution >= 0.6 is 24.0 Å². The van der Waals surface area contributed by atoms with Crippen molar-refractivity contribution in [2.45, 2.75) is 25.6 Å². The van der Waals surface area contributed by atoms with Crippen molar-refractivity contribution < 1.29 is 9.47 Å². The standard InChI is InChI=1S/C15H23N3O2.HI/c16-15(18-11-14-7-4-9-20-14)17-8-10-19-12-13-5-2-1-3-6-13;/h1-3,5-6,14H,4,7-12H2,(H3,16,17,18);1H. The first-order valence-electron chi connectivity index (χ1n) is 7.11. The topological polar surface area (TPSA) is 68.9 Å². The third-order valence-corrected chi connectivity index (χ3v) is 3.15. The monoisotopic (exact) mass is 405 g/mol. The number of rotatable bonds is 7. The zero-order valence-corrected chi connectivity index (χ0v) is 14.5. The highest BCUT2D eigenvalue weighted by Gasteiger charge is 2.14. The molecule has 2 rings (SSSR count). The molecule has 1 heterocycles. The zero-order valence-electron chi connectivity index (χ0n) is 12.2. The SMILES string of the molecule is I.NC(=NCC1CCCO1)NCCOCc1ccccc1. The van der Waals surface area contributed by atoms with Crippen LogP contribution in [0.4, 0.5) is 0 Å². The van der Waals surface area contributed by atoms with Crippen molar-refractivity contribution in [3.8, 4) is 0 Å². The van der Waals surface area contributed by atoms with Crippen molar-refractivity contribution in [3.05, 3.63) is 35.9 Å². The van der Waals surface area contributed by atoms with Gasteiger partial charge in [0, 0.05) is 13.2 Å². The summed E-state index contributed by atoms with van der Waals surface area (Å²) in [6.07, 6.45) is 2.45. The smallest absolute Gasteiger partial charge is 0.188 e. The van der Waals surface area contributed by atoms with Gasteiger partial charge in [-0.3, -0.25) is 4.99 Å². The summed E-state index contributed by atoms with van der Waals surface area (Å²) in [5.74, 6) is 0.462. The summed E-state index contributed by atoms with van der Waals surface area (Å²) in [4.78, 5) is 4.26. The van der Waals surface area contributed by atoms with Gasteiger partial charge < -0.3 is 20.5 Å². The molecule has 1 saturated heterocycles. The lowest BCUT2D eigenvalue weighted by molar-refractivity contribution is 0.117. The Kier molecular flexibility index (Phi) is 9.36. The molecule has 0 aromatic heterocycles. The number of halogens is 1. The quantitative estimate of drug-likeness (QED) is 0.315. The molecule has 0 amide bonds. The Bertz CT molecular complexity index is 409. The molecule has 0 aliphatic carbocycles. The van der Waals surface area contributed by atoms with Crippen LogP contribution in [0, 0.1) is 0 Å². The lowest BCUT2D eigenvalue weighted by atomic mass is 10.2. The molecule has 1 aliphatic heterocycles. The van der Waals surface area contributed by atoms with Gasteiger partial charge in [-0.1, -0.05) is 30.3 Å². The fraction of sp³-hybridized carbons (Fsp3) is 0.533. The number of nitrogens with zero attached hydrogens (tertiary/aromatic N) is 1. The summed E-state index contributed by atoms with van der Waals surface area (Å²) in [7, 11) is 0. The molecule has 21 heavy (non-hydrogen) atoms. The maximum atomic E-state index is 5.77. The molecule has 6 heteroatoms. The summed E-state index contributed by atoms with van der Waals surface area (Å²) in [5, 5.41) is 3.04. The number of nitrogens with one attached hydrogen (secondary N) is 1. The lowest BCUT2D eigenvalue weighted by Crippen LogP contribution is -2.35. The Hall–Kier alpha value is -0.860. The molecule has 0 radical (unpaired) electrons. The fourth-order valence-electron chi connectivity index (χ4n) is 2.06. The van der Waals surface area contributed by atoms with Gasteiger partial charge in [0.2, 0.25) is 0 Å². The van der Waals surface area contributed by atoms with Crippen LogP contribution in [0.1, 0.15) is 18.4 Å². The third kappa shape index (κ3) is 7.63. The van der Waals surface area contributed by atoms with Crippen molar-refractivity contribution in [1.29, 1.82) is 0 Å². The van der Waals surface area contributed by atoms with Crippen molar-refractivity contribution in [2.24, 2.45) is 10.7 Å². The molecule has 3 N–H and O–H groups in total. The van der Waals surface area contributed by atoms with E-state index in [1.54, 1.807) is 0 Å². The number of benzene rings is 1. The Morgan fingerprint density at radius 1 is 1.38 bits per heavy atom. The first-order chi connectivity index (χ1) is 9.84. The molecule has 0 spiro atoms. The molecule has 0 bridgehead atoms. The van der Waals surface area contributed by atoms with Crippen molar-refractivity contribution >= 4 is 29.9 Å². The van der Waals surface area contributed by atoms with Crippen LogP contribution in [-0.4, -0.2) is 38.4 Å². The van der Waals surface area contributed by atoms with Crippen LogP contribution in [0.3, 0.4) is 0 Å². The maximum Gasteiger partial charge on any atom is 0.188 e. The maximum absolute atomic E-state index is 5.77. The fourth-order valence-corrected chi connectivity index (χ4v) is 2.06. The second-order valence-corrected chi connectivity index (χ2v) is 4.83. The van der Waals surface area contributed by atoms with E-state index in [9.17, 15) is 0 Å². The minimum atomic E-state index is 0. The second kappa shape index (κ2) is 10.8. The van der Waals surface area contributed by atoms with Gasteiger partial charge in [0.05, 0.1) is 25.9 Å². The van der Waals surface area contributed by atoms with Gasteiger partial charge in [-0.15, -0.1) is 24.0 Å². The van der Waals surface area contributed by atoms with Crippen LogP contribution in [-0.2, 0) is 16.1 Å². The predicted octanol–water partition coefficient (Wildman–Crippen LogP) is 1.90. The molecule has 0 saturated carbocycles. The highest BCUT2D eigenvalue weighted by Crippen LogP contribution is 2.11. The van der Waals surface area contributed by atoms with E-state index in [0.29, 0.717) is 32.3 Å². The van der Waals surface area contributed by atoms with Gasteiger partial charge >= 0.3 is 0 Å². The van der Waals surface area contributed by atoms with Gasteiger partial charge in [-0.2, -0.15) is 0 Å². The summed E-state index contributed by atoms with van der Waals surface area (Å²) < 4.78 is 11.0. The molecule has 118 valence electrons. The second-order valence-electron chi connectivity index (χ2n) is 4.83. The highest BCUT2D eigenvalue weighted by molar-refractivity contribution is 14.0. The molecule has 1 unspecified atom stereocenters. The molecule has 1 aromatic carbocycles. The summed E-state index contributed by atoms with van der Waals surface area (Å²) >= 11 is 0. The van der Waals surface area contributed by atoms with Crippen LogP contribution < -0.4 is 11.1 Å². The minimum absolute atomic E-state index is 0. The van der Waals surface area contributed by atoms with Crippen LogP contribution in [0.25, 0.3) is 0 Å². The molecule has 1 atom stereocenters. The number of guanidine groups is 1. The van der Waals surface area contributed by atoms with Crippen molar-refractivity contribution in [2.75, 3.05) is 26.3 Å². The van der Waals surface area contributed by atoms with E-state index in [1.165, 1.54) is 5.56 Å². The number of hydrogen-bond acceptors (Lipinski definition) is 3.